The second kappa shape index (κ2) is 9.16. The highest BCUT2D eigenvalue weighted by Crippen LogP contribution is 2.43. The molecular formula is C24H29FN3O3+. The molecule has 0 saturated carbocycles. The Morgan fingerprint density at radius 3 is 2.48 bits per heavy atom. The van der Waals surface area contributed by atoms with Gasteiger partial charge in [-0.15, -0.1) is 0 Å². The van der Waals surface area contributed by atoms with Crippen molar-refractivity contribution in [2.45, 2.75) is 12.0 Å². The summed E-state index contributed by atoms with van der Waals surface area (Å²) in [5.41, 5.74) is 2.04. The number of quaternary nitrogens is 1. The Morgan fingerprint density at radius 2 is 1.81 bits per heavy atom. The molecule has 1 saturated heterocycles. The van der Waals surface area contributed by atoms with Crippen LogP contribution >= 0.6 is 0 Å². The van der Waals surface area contributed by atoms with E-state index in [4.69, 9.17) is 4.74 Å². The summed E-state index contributed by atoms with van der Waals surface area (Å²) in [6, 6.07) is 13.0. The van der Waals surface area contributed by atoms with E-state index in [0.717, 1.165) is 24.2 Å². The van der Waals surface area contributed by atoms with E-state index in [9.17, 15) is 14.0 Å². The molecule has 2 aromatic rings. The van der Waals surface area contributed by atoms with Crippen molar-refractivity contribution in [1.82, 2.24) is 9.80 Å². The lowest BCUT2D eigenvalue weighted by Crippen LogP contribution is -3.12. The van der Waals surface area contributed by atoms with Crippen LogP contribution in [0.5, 0.6) is 0 Å². The predicted octanol–water partition coefficient (Wildman–Crippen LogP) is 1.11. The lowest BCUT2D eigenvalue weighted by molar-refractivity contribution is -0.883. The number of likely N-dealkylation sites (N-methyl/N-ethyl adjacent to an activating group) is 1. The Bertz CT molecular complexity index is 941. The minimum Gasteiger partial charge on any atom is -0.383 e. The first-order valence-corrected chi connectivity index (χ1v) is 10.8. The number of carbonyl (C=O) groups is 2. The van der Waals surface area contributed by atoms with Crippen LogP contribution in [0.15, 0.2) is 48.5 Å². The average molecular weight is 427 g/mol. The molecule has 2 aliphatic heterocycles. The molecule has 4 rings (SSSR count). The van der Waals surface area contributed by atoms with Crippen molar-refractivity contribution >= 4 is 11.8 Å². The van der Waals surface area contributed by atoms with Gasteiger partial charge in [0.25, 0.3) is 5.91 Å². The molecule has 1 fully saturated rings. The number of hydrogen-bond acceptors (Lipinski definition) is 3. The monoisotopic (exact) mass is 426 g/mol. The van der Waals surface area contributed by atoms with Gasteiger partial charge in [-0.05, 0) is 29.3 Å². The molecule has 2 heterocycles. The van der Waals surface area contributed by atoms with Gasteiger partial charge in [0.05, 0.1) is 51.8 Å². The SMILES string of the molecule is COCCN1C(=O)c2ccccc2C(C(=O)N2CC[NH+](C)CC2)C1c1ccc(F)cc1. The molecule has 0 aromatic heterocycles. The van der Waals surface area contributed by atoms with Crippen molar-refractivity contribution in [3.63, 3.8) is 0 Å². The van der Waals surface area contributed by atoms with Crippen molar-refractivity contribution < 1.29 is 23.6 Å². The summed E-state index contributed by atoms with van der Waals surface area (Å²) < 4.78 is 18.9. The Kier molecular flexibility index (Phi) is 6.34. The normalized spacial score (nSPS) is 21.8. The summed E-state index contributed by atoms with van der Waals surface area (Å²) in [6.07, 6.45) is 0. The number of benzene rings is 2. The molecule has 6 nitrogen and oxygen atoms in total. The molecule has 2 amide bonds. The van der Waals surface area contributed by atoms with Crippen LogP contribution in [-0.4, -0.2) is 75.1 Å². The summed E-state index contributed by atoms with van der Waals surface area (Å²) in [5.74, 6) is -1.01. The highest BCUT2D eigenvalue weighted by Gasteiger charge is 2.45. The minimum atomic E-state index is -0.547. The highest BCUT2D eigenvalue weighted by atomic mass is 19.1. The van der Waals surface area contributed by atoms with E-state index in [1.54, 1.807) is 30.2 Å². The lowest BCUT2D eigenvalue weighted by Gasteiger charge is -2.44. The Labute approximate surface area is 182 Å². The van der Waals surface area contributed by atoms with Crippen molar-refractivity contribution in [3.8, 4) is 0 Å². The Balaban J connectivity index is 1.81. The molecule has 2 aliphatic rings. The molecule has 31 heavy (non-hydrogen) atoms. The zero-order valence-corrected chi connectivity index (χ0v) is 18.0. The van der Waals surface area contributed by atoms with Crippen LogP contribution in [0.25, 0.3) is 0 Å². The van der Waals surface area contributed by atoms with Gasteiger partial charge in [-0.3, -0.25) is 9.59 Å². The number of methoxy groups -OCH3 is 1. The first-order valence-electron chi connectivity index (χ1n) is 10.8. The molecule has 0 bridgehead atoms. The Hall–Kier alpha value is -2.77. The zero-order chi connectivity index (χ0) is 22.0. The standard InChI is InChI=1S/C24H28FN3O3/c1-26-11-13-27(14-12-26)24(30)21-19-5-3-4-6-20(19)23(29)28(15-16-31-2)22(21)17-7-9-18(25)10-8-17/h3-10,21-22H,11-16H2,1-2H3/p+1. The number of piperazine rings is 1. The van der Waals surface area contributed by atoms with Gasteiger partial charge in [0.1, 0.15) is 5.82 Å². The van der Waals surface area contributed by atoms with Crippen LogP contribution < -0.4 is 4.90 Å². The lowest BCUT2D eigenvalue weighted by atomic mass is 9.78. The maximum atomic E-state index is 13.9. The van der Waals surface area contributed by atoms with Gasteiger partial charge in [0.2, 0.25) is 5.91 Å². The molecule has 2 aromatic carbocycles. The van der Waals surface area contributed by atoms with Crippen LogP contribution in [0.1, 0.15) is 33.4 Å². The van der Waals surface area contributed by atoms with Crippen LogP contribution in [0.2, 0.25) is 0 Å². The molecule has 0 aliphatic carbocycles. The minimum absolute atomic E-state index is 0.0178. The van der Waals surface area contributed by atoms with Gasteiger partial charge >= 0.3 is 0 Å². The summed E-state index contributed by atoms with van der Waals surface area (Å²) >= 11 is 0. The molecule has 7 heteroatoms. The van der Waals surface area contributed by atoms with E-state index in [-0.39, 0.29) is 17.6 Å². The van der Waals surface area contributed by atoms with Crippen LogP contribution in [0.4, 0.5) is 4.39 Å². The molecule has 2 unspecified atom stereocenters. The topological polar surface area (TPSA) is 54.3 Å². The van der Waals surface area contributed by atoms with Gasteiger partial charge in [-0.1, -0.05) is 30.3 Å². The molecular weight excluding hydrogens is 397 g/mol. The van der Waals surface area contributed by atoms with Gasteiger partial charge < -0.3 is 19.4 Å². The van der Waals surface area contributed by atoms with Crippen molar-refractivity contribution in [1.29, 1.82) is 0 Å². The fraction of sp³-hybridized carbons (Fsp3) is 0.417. The predicted molar refractivity (Wildman–Crippen MR) is 114 cm³/mol. The number of ether oxygens (including phenoxy) is 1. The number of fused-ring (bicyclic) bond motifs is 1. The van der Waals surface area contributed by atoms with Crippen molar-refractivity contribution in [2.75, 3.05) is 53.5 Å². The van der Waals surface area contributed by atoms with Crippen molar-refractivity contribution in [2.24, 2.45) is 0 Å². The van der Waals surface area contributed by atoms with E-state index in [2.05, 4.69) is 7.05 Å². The third kappa shape index (κ3) is 4.20. The summed E-state index contributed by atoms with van der Waals surface area (Å²) in [6.45, 7) is 3.87. The molecule has 0 spiro atoms. The van der Waals surface area contributed by atoms with Gasteiger partial charge in [-0.2, -0.15) is 0 Å². The molecule has 2 atom stereocenters. The van der Waals surface area contributed by atoms with Crippen LogP contribution in [0.3, 0.4) is 0 Å². The van der Waals surface area contributed by atoms with E-state index in [0.29, 0.717) is 31.8 Å². The summed E-state index contributed by atoms with van der Waals surface area (Å²) in [5, 5.41) is 0. The summed E-state index contributed by atoms with van der Waals surface area (Å²) in [4.78, 5) is 32.3. The number of amides is 2. The summed E-state index contributed by atoms with van der Waals surface area (Å²) in [7, 11) is 3.72. The highest BCUT2D eigenvalue weighted by molar-refractivity contribution is 6.01. The first-order chi connectivity index (χ1) is 15.0. The van der Waals surface area contributed by atoms with Crippen LogP contribution in [-0.2, 0) is 9.53 Å². The van der Waals surface area contributed by atoms with E-state index >= 15 is 0 Å². The zero-order valence-electron chi connectivity index (χ0n) is 18.0. The maximum absolute atomic E-state index is 13.9. The number of hydrogen-bond donors (Lipinski definition) is 1. The average Bonchev–Trinajstić information content (AvgIpc) is 2.79. The number of nitrogens with one attached hydrogen (secondary N) is 1. The number of carbonyl (C=O) groups excluding carboxylic acids is 2. The second-order valence-corrected chi connectivity index (χ2v) is 8.34. The number of rotatable bonds is 5. The number of nitrogens with zero attached hydrogens (tertiary/aromatic N) is 2. The molecule has 164 valence electrons. The van der Waals surface area contributed by atoms with Gasteiger partial charge in [-0.25, -0.2) is 4.39 Å². The second-order valence-electron chi connectivity index (χ2n) is 8.34. The quantitative estimate of drug-likeness (QED) is 0.780. The fourth-order valence-corrected chi connectivity index (χ4v) is 4.63. The van der Waals surface area contributed by atoms with E-state index < -0.39 is 12.0 Å². The Morgan fingerprint density at radius 1 is 1.13 bits per heavy atom. The van der Waals surface area contributed by atoms with Gasteiger partial charge in [0.15, 0.2) is 0 Å². The maximum Gasteiger partial charge on any atom is 0.254 e. The fourth-order valence-electron chi connectivity index (χ4n) is 4.63. The third-order valence-corrected chi connectivity index (χ3v) is 6.38. The van der Waals surface area contributed by atoms with Crippen molar-refractivity contribution in [3.05, 3.63) is 71.0 Å². The van der Waals surface area contributed by atoms with E-state index in [1.165, 1.54) is 17.0 Å². The van der Waals surface area contributed by atoms with E-state index in [1.807, 2.05) is 23.1 Å². The third-order valence-electron chi connectivity index (χ3n) is 6.38. The smallest absolute Gasteiger partial charge is 0.254 e. The number of halogens is 1. The first kappa shape index (κ1) is 21.5. The molecule has 0 radical (unpaired) electrons. The van der Waals surface area contributed by atoms with Gasteiger partial charge in [0, 0.05) is 19.2 Å². The van der Waals surface area contributed by atoms with Crippen LogP contribution in [0, 0.1) is 5.82 Å². The largest absolute Gasteiger partial charge is 0.383 e. The molecule has 1 N–H and O–H groups in total.